The number of benzene rings is 6. The van der Waals surface area contributed by atoms with E-state index in [-0.39, 0.29) is 32.5 Å². The Hall–Kier alpha value is -4.76. The van der Waals surface area contributed by atoms with Crippen LogP contribution in [0.5, 0.6) is 0 Å². The Morgan fingerprint density at radius 1 is 0.367 bits per heavy atom. The molecule has 0 aromatic heterocycles. The van der Waals surface area contributed by atoms with Gasteiger partial charge in [0.25, 0.3) is 0 Å². The van der Waals surface area contributed by atoms with Crippen molar-refractivity contribution in [1.82, 2.24) is 0 Å². The highest BCUT2D eigenvalue weighted by atomic mass is 31.2. The molecule has 0 unspecified atom stereocenters. The van der Waals surface area contributed by atoms with Gasteiger partial charge in [-0.15, -0.1) is 7.92 Å². The van der Waals surface area contributed by atoms with Crippen LogP contribution in [-0.4, -0.2) is 72.4 Å². The van der Waals surface area contributed by atoms with Crippen molar-refractivity contribution >= 4 is 28.9 Å². The maximum absolute atomic E-state index is 12.5. The Morgan fingerprint density at radius 2 is 0.522 bits per heavy atom. The normalized spacial score (nSPS) is 11.5. The molecule has 90 heavy (non-hydrogen) atoms. The van der Waals surface area contributed by atoms with E-state index in [9.17, 15) is 48.9 Å². The van der Waals surface area contributed by atoms with E-state index in [1.54, 1.807) is 38.2 Å². The van der Waals surface area contributed by atoms with E-state index in [0.29, 0.717) is 29.7 Å². The van der Waals surface area contributed by atoms with E-state index in [1.165, 1.54) is 67.6 Å². The fourth-order valence-corrected chi connectivity index (χ4v) is 5.25. The minimum Gasteiger partial charge on any atom is -0.324 e. The molecule has 0 heterocycles. The Bertz CT molecular complexity index is 2560. The summed E-state index contributed by atoms with van der Waals surface area (Å²) in [6.45, 7) is 55.6. The number of rotatable bonds is 4. The maximum atomic E-state index is 12.5. The van der Waals surface area contributed by atoms with Crippen LogP contribution < -0.4 is 0 Å². The molecule has 14 heteroatoms. The molecule has 0 atom stereocenters. The average Bonchev–Trinajstić information content (AvgIpc) is 0.980. The van der Waals surface area contributed by atoms with Crippen molar-refractivity contribution in [2.24, 2.45) is 16.2 Å². The quantitative estimate of drug-likeness (QED) is 0.100. The molecule has 0 saturated carbocycles. The molecule has 6 rings (SSSR count). The number of Topliss-reactive ketones (excluding diaryl/α,β-unsaturated/α-hetero) is 1. The molecular weight excluding hydrogens is 1210 g/mol. The van der Waals surface area contributed by atoms with Crippen LogP contribution in [0.15, 0.2) is 182 Å². The first-order valence-electron chi connectivity index (χ1n) is 29.7. The predicted octanol–water partition coefficient (Wildman–Crippen LogP) is 26.9. The van der Waals surface area contributed by atoms with Crippen LogP contribution in [0.1, 0.15) is 161 Å². The van der Waals surface area contributed by atoms with Crippen molar-refractivity contribution in [3.8, 4) is 11.1 Å². The van der Waals surface area contributed by atoms with Gasteiger partial charge in [0.2, 0.25) is 0 Å². The lowest BCUT2D eigenvalue weighted by Crippen LogP contribution is -2.44. The van der Waals surface area contributed by atoms with E-state index in [4.69, 9.17) is 0 Å². The zero-order valence-corrected chi connectivity index (χ0v) is 62.7. The molecule has 0 amide bonds. The van der Waals surface area contributed by atoms with Crippen molar-refractivity contribution < 1.29 is 48.9 Å². The van der Waals surface area contributed by atoms with Crippen LogP contribution in [-0.2, 0) is 25.6 Å². The summed E-state index contributed by atoms with van der Waals surface area (Å²) in [5.41, 5.74) is 2.94. The van der Waals surface area contributed by atoms with Crippen molar-refractivity contribution in [1.29, 1.82) is 0 Å². The minimum atomic E-state index is -5.24. The van der Waals surface area contributed by atoms with Gasteiger partial charge < -0.3 is 9.36 Å². The van der Waals surface area contributed by atoms with Gasteiger partial charge in [0.1, 0.15) is 5.78 Å². The van der Waals surface area contributed by atoms with E-state index in [1.807, 2.05) is 12.1 Å². The van der Waals surface area contributed by atoms with E-state index < -0.39 is 44.6 Å². The number of alkyl halides is 9. The smallest absolute Gasteiger partial charge is 0.324 e. The summed E-state index contributed by atoms with van der Waals surface area (Å²) in [7, 11) is -1.87. The Kier molecular flexibility index (Phi) is 47.0. The second kappa shape index (κ2) is 43.9. The Balaban J connectivity index is -0.000000222. The lowest BCUT2D eigenvalue weighted by molar-refractivity contribution is -0.327. The number of hydrogen-bond acceptors (Lipinski definition) is 2. The monoisotopic (exact) mass is 1330 g/mol. The van der Waals surface area contributed by atoms with Crippen molar-refractivity contribution in [3.63, 3.8) is 0 Å². The van der Waals surface area contributed by atoms with E-state index in [2.05, 4.69) is 276 Å². The van der Waals surface area contributed by atoms with Crippen LogP contribution in [0, 0.1) is 16.2 Å². The summed E-state index contributed by atoms with van der Waals surface area (Å²) in [5, 5.41) is 0. The zero-order chi connectivity index (χ0) is 71.3. The first-order valence-corrected chi connectivity index (χ1v) is 39.5. The van der Waals surface area contributed by atoms with Gasteiger partial charge in [-0.2, -0.15) is 39.5 Å². The van der Waals surface area contributed by atoms with Crippen molar-refractivity contribution in [3.05, 3.63) is 204 Å². The standard InChI is InChI=1S/C15H16.C12H10.C10H11F3.C10H14.C5H6F6.2C5H12.C4H12Si.C3H9OP.C3H6O.C3H9P.CH4/c1-15(2,13-9-5-3-6-10-13)14-11-7-4-8-12-14;1-3-7-11(8-4-1)12-9-5-2-6-10-12;1-9(2,10(11,12)13)8-6-4-3-5-7-8;1-10(2,3)9-7-5-4-6-8-9;1-3(2,4(6,7)8)5(9,10)11;4*1-5(2,3)4;1-3(2)4;1-4(2)3;/h3-12H,1-2H3;1-10H;3-7H,1-2H3;4-8H,1-3H3;1-2H3;3*1-4H3;1-3H3;1-2H3;1-3H3;1H4. The van der Waals surface area contributed by atoms with Gasteiger partial charge in [-0.3, -0.25) is 0 Å². The summed E-state index contributed by atoms with van der Waals surface area (Å²) < 4.78 is 117. The zero-order valence-electron chi connectivity index (χ0n) is 59.9. The summed E-state index contributed by atoms with van der Waals surface area (Å²) >= 11 is 0. The number of carbonyl (C=O) groups excluding carboxylic acids is 1. The third kappa shape index (κ3) is 58.3. The second-order valence-electron chi connectivity index (χ2n) is 30.0. The molecule has 0 radical (unpaired) electrons. The topological polar surface area (TPSA) is 34.1 Å². The largest absolute Gasteiger partial charge is 0.402 e. The fourth-order valence-electron chi connectivity index (χ4n) is 5.25. The molecule has 0 saturated heterocycles. The highest BCUT2D eigenvalue weighted by Crippen LogP contribution is 2.49. The number of hydrogen-bond donors (Lipinski definition) is 0. The Labute approximate surface area is 546 Å². The molecular formula is C76H121F9O2P2Si. The molecule has 0 aliphatic heterocycles. The number of halogens is 9. The molecule has 0 aliphatic carbocycles. The van der Waals surface area contributed by atoms with Gasteiger partial charge in [-0.05, 0) is 131 Å². The van der Waals surface area contributed by atoms with Crippen LogP contribution in [0.25, 0.3) is 11.1 Å². The predicted molar refractivity (Wildman–Crippen MR) is 386 cm³/mol. The van der Waals surface area contributed by atoms with Crippen LogP contribution in [0.3, 0.4) is 0 Å². The molecule has 0 bridgehead atoms. The van der Waals surface area contributed by atoms with E-state index >= 15 is 0 Å². The second-order valence-corrected chi connectivity index (χ2v) is 42.4. The van der Waals surface area contributed by atoms with Gasteiger partial charge in [0.05, 0.1) is 12.6 Å². The summed E-state index contributed by atoms with van der Waals surface area (Å²) in [5.74, 6) is 0.167. The molecule has 6 aromatic carbocycles. The number of ketones is 1. The van der Waals surface area contributed by atoms with Crippen LogP contribution in [0.2, 0.25) is 26.2 Å². The van der Waals surface area contributed by atoms with Crippen LogP contribution >= 0.6 is 15.1 Å². The maximum Gasteiger partial charge on any atom is 0.402 e. The highest BCUT2D eigenvalue weighted by molar-refractivity contribution is 7.61. The minimum absolute atomic E-state index is 0. The molecule has 0 N–H and O–H groups in total. The molecule has 6 aromatic rings. The molecule has 2 nitrogen and oxygen atoms in total. The third-order valence-corrected chi connectivity index (χ3v) is 10.1. The SMILES string of the molecule is C.CC(C)(C(F)(F)F)C(F)(F)F.CC(C)(C)C.CC(C)(C)C.CC(C)(C)c1ccccc1.CC(C)(c1ccccc1)C(F)(F)F.CC(C)(c1ccccc1)c1ccccc1.CC(C)=O.CP(C)(C)=O.CP(C)C.C[Si](C)(C)C.c1ccc(-c2ccccc2)cc1. The van der Waals surface area contributed by atoms with Crippen LogP contribution in [0.4, 0.5) is 39.5 Å². The van der Waals surface area contributed by atoms with Gasteiger partial charge in [0.15, 0.2) is 5.41 Å². The van der Waals surface area contributed by atoms with Gasteiger partial charge in [-0.25, -0.2) is 0 Å². The average molecular weight is 1330 g/mol. The van der Waals surface area contributed by atoms with Gasteiger partial charge >= 0.3 is 18.5 Å². The number of carbonyl (C=O) groups is 1. The van der Waals surface area contributed by atoms with Gasteiger partial charge in [-0.1, -0.05) is 306 Å². The molecule has 0 spiro atoms. The van der Waals surface area contributed by atoms with Crippen molar-refractivity contribution in [2.45, 2.75) is 200 Å². The fraction of sp³-hybridized carbons (Fsp3) is 0.513. The summed E-state index contributed by atoms with van der Waals surface area (Å²) in [6, 6.07) is 60.5. The van der Waals surface area contributed by atoms with E-state index in [0.717, 1.165) is 0 Å². The van der Waals surface area contributed by atoms with Gasteiger partial charge in [0, 0.05) is 13.5 Å². The third-order valence-electron chi connectivity index (χ3n) is 10.1. The first-order chi connectivity index (χ1) is 39.6. The highest BCUT2D eigenvalue weighted by Gasteiger charge is 2.64. The molecule has 0 fully saturated rings. The summed E-state index contributed by atoms with van der Waals surface area (Å²) in [4.78, 5) is 9.44. The lowest BCUT2D eigenvalue weighted by atomic mass is 9.78. The first kappa shape index (κ1) is 96.3. The molecule has 514 valence electrons. The van der Waals surface area contributed by atoms with Crippen molar-refractivity contribution in [2.75, 3.05) is 40.0 Å². The molecule has 0 aliphatic rings. The Morgan fingerprint density at radius 3 is 0.656 bits per heavy atom. The summed E-state index contributed by atoms with van der Waals surface area (Å²) in [6.07, 6.45) is -14.7. The lowest BCUT2D eigenvalue weighted by Gasteiger charge is -2.29.